The molecule has 1 fully saturated rings. The number of methoxy groups -OCH3 is 1. The molecule has 2 rings (SSSR count). The quantitative estimate of drug-likeness (QED) is 0.281. The zero-order valence-corrected chi connectivity index (χ0v) is 20.6. The first kappa shape index (κ1) is 25.5. The highest BCUT2D eigenvalue weighted by atomic mass is 127. The summed E-state index contributed by atoms with van der Waals surface area (Å²) in [6, 6.07) is 8.40. The average molecular weight is 517 g/mol. The lowest BCUT2D eigenvalue weighted by Gasteiger charge is -2.30. The van der Waals surface area contributed by atoms with Crippen LogP contribution in [0.4, 0.5) is 0 Å². The SMILES string of the molecule is CN=C(NCC(c1ccccc1OC)N1CCCC1)NCC(C)(C)C(=O)NC.I. The number of hydrogen-bond acceptors (Lipinski definition) is 4. The molecule has 0 aromatic heterocycles. The van der Waals surface area contributed by atoms with Crippen LogP contribution >= 0.6 is 24.0 Å². The monoisotopic (exact) mass is 517 g/mol. The van der Waals surface area contributed by atoms with Crippen molar-refractivity contribution >= 4 is 35.8 Å². The van der Waals surface area contributed by atoms with Crippen molar-refractivity contribution < 1.29 is 9.53 Å². The minimum absolute atomic E-state index is 0. The summed E-state index contributed by atoms with van der Waals surface area (Å²) in [6.45, 7) is 7.19. The van der Waals surface area contributed by atoms with Crippen LogP contribution in [0.5, 0.6) is 5.75 Å². The number of rotatable bonds is 8. The first-order chi connectivity index (χ1) is 13.4. The largest absolute Gasteiger partial charge is 0.496 e. The van der Waals surface area contributed by atoms with Gasteiger partial charge in [0, 0.05) is 32.7 Å². The molecule has 1 heterocycles. The van der Waals surface area contributed by atoms with E-state index in [0.29, 0.717) is 19.0 Å². The predicted molar refractivity (Wildman–Crippen MR) is 129 cm³/mol. The maximum absolute atomic E-state index is 12.0. The van der Waals surface area contributed by atoms with Crippen LogP contribution in [0.1, 0.15) is 38.3 Å². The van der Waals surface area contributed by atoms with Gasteiger partial charge >= 0.3 is 0 Å². The van der Waals surface area contributed by atoms with Gasteiger partial charge in [0.1, 0.15) is 5.75 Å². The number of guanidine groups is 1. The van der Waals surface area contributed by atoms with E-state index in [2.05, 4.69) is 38.0 Å². The lowest BCUT2D eigenvalue weighted by atomic mass is 9.92. The van der Waals surface area contributed by atoms with E-state index in [9.17, 15) is 4.79 Å². The first-order valence-corrected chi connectivity index (χ1v) is 9.96. The molecule has 1 aliphatic heterocycles. The topological polar surface area (TPSA) is 78.0 Å². The number of amides is 1. The number of nitrogens with zero attached hydrogens (tertiary/aromatic N) is 2. The van der Waals surface area contributed by atoms with E-state index in [1.54, 1.807) is 21.2 Å². The van der Waals surface area contributed by atoms with Crippen molar-refractivity contribution in [3.05, 3.63) is 29.8 Å². The molecular weight excluding hydrogens is 481 g/mol. The molecule has 29 heavy (non-hydrogen) atoms. The smallest absolute Gasteiger partial charge is 0.227 e. The average Bonchev–Trinajstić information content (AvgIpc) is 3.24. The maximum atomic E-state index is 12.0. The number of carbonyl (C=O) groups excluding carboxylic acids is 1. The second-order valence-corrected chi connectivity index (χ2v) is 7.77. The van der Waals surface area contributed by atoms with Crippen LogP contribution in [0.2, 0.25) is 0 Å². The molecule has 1 saturated heterocycles. The molecule has 8 heteroatoms. The van der Waals surface area contributed by atoms with Gasteiger partial charge in [0.15, 0.2) is 5.96 Å². The molecule has 1 unspecified atom stereocenters. The highest BCUT2D eigenvalue weighted by molar-refractivity contribution is 14.0. The Morgan fingerprint density at radius 3 is 2.48 bits per heavy atom. The number of para-hydroxylation sites is 1. The lowest BCUT2D eigenvalue weighted by molar-refractivity contribution is -0.128. The van der Waals surface area contributed by atoms with Gasteiger partial charge in [-0.2, -0.15) is 0 Å². The Morgan fingerprint density at radius 2 is 1.90 bits per heavy atom. The van der Waals surface area contributed by atoms with Crippen molar-refractivity contribution in [2.24, 2.45) is 10.4 Å². The fourth-order valence-corrected chi connectivity index (χ4v) is 3.57. The highest BCUT2D eigenvalue weighted by Crippen LogP contribution is 2.31. The predicted octanol–water partition coefficient (Wildman–Crippen LogP) is 2.39. The third kappa shape index (κ3) is 7.02. The Kier molecular flexibility index (Phi) is 10.7. The minimum atomic E-state index is -0.524. The summed E-state index contributed by atoms with van der Waals surface area (Å²) in [7, 11) is 5.12. The lowest BCUT2D eigenvalue weighted by Crippen LogP contribution is -2.48. The Balaban J connectivity index is 0.00000420. The van der Waals surface area contributed by atoms with Gasteiger partial charge in [-0.3, -0.25) is 14.7 Å². The summed E-state index contributed by atoms with van der Waals surface area (Å²) in [4.78, 5) is 18.8. The molecule has 7 nitrogen and oxygen atoms in total. The number of nitrogens with one attached hydrogen (secondary N) is 3. The normalized spacial score (nSPS) is 16.0. The summed E-state index contributed by atoms with van der Waals surface area (Å²) < 4.78 is 5.61. The number of likely N-dealkylation sites (tertiary alicyclic amines) is 1. The van der Waals surface area contributed by atoms with E-state index in [4.69, 9.17) is 4.74 Å². The molecule has 0 spiro atoms. The number of carbonyl (C=O) groups is 1. The molecule has 1 aromatic rings. The van der Waals surface area contributed by atoms with Crippen molar-refractivity contribution in [2.45, 2.75) is 32.7 Å². The van der Waals surface area contributed by atoms with E-state index in [0.717, 1.165) is 18.8 Å². The van der Waals surface area contributed by atoms with Crippen LogP contribution < -0.4 is 20.7 Å². The maximum Gasteiger partial charge on any atom is 0.227 e. The van der Waals surface area contributed by atoms with Crippen LogP contribution in [-0.2, 0) is 4.79 Å². The molecular formula is C21H36IN5O2. The molecule has 3 N–H and O–H groups in total. The van der Waals surface area contributed by atoms with Gasteiger partial charge in [-0.1, -0.05) is 18.2 Å². The van der Waals surface area contributed by atoms with Crippen LogP contribution in [0, 0.1) is 5.41 Å². The first-order valence-electron chi connectivity index (χ1n) is 9.96. The van der Waals surface area contributed by atoms with Gasteiger partial charge < -0.3 is 20.7 Å². The molecule has 164 valence electrons. The second-order valence-electron chi connectivity index (χ2n) is 7.77. The van der Waals surface area contributed by atoms with Crippen LogP contribution in [-0.4, -0.2) is 64.2 Å². The fraction of sp³-hybridized carbons (Fsp3) is 0.619. The van der Waals surface area contributed by atoms with E-state index in [1.165, 1.54) is 18.4 Å². The van der Waals surface area contributed by atoms with Crippen LogP contribution in [0.25, 0.3) is 0 Å². The Bertz CT molecular complexity index is 675. The van der Waals surface area contributed by atoms with Crippen molar-refractivity contribution in [1.29, 1.82) is 0 Å². The molecule has 1 amide bonds. The van der Waals surface area contributed by atoms with Crippen LogP contribution in [0.3, 0.4) is 0 Å². The second kappa shape index (κ2) is 12.2. The molecule has 0 aliphatic carbocycles. The van der Waals surface area contributed by atoms with E-state index in [1.807, 2.05) is 26.0 Å². The zero-order chi connectivity index (χ0) is 20.6. The van der Waals surface area contributed by atoms with E-state index in [-0.39, 0.29) is 35.9 Å². The fourth-order valence-electron chi connectivity index (χ4n) is 3.57. The van der Waals surface area contributed by atoms with Crippen molar-refractivity contribution in [2.75, 3.05) is 47.4 Å². The Hall–Kier alpha value is -1.55. The molecule has 0 radical (unpaired) electrons. The molecule has 0 saturated carbocycles. The zero-order valence-electron chi connectivity index (χ0n) is 18.2. The summed E-state index contributed by atoms with van der Waals surface area (Å²) in [5.74, 6) is 1.60. The van der Waals surface area contributed by atoms with Crippen molar-refractivity contribution in [1.82, 2.24) is 20.9 Å². The number of aliphatic imine (C=N–C) groups is 1. The number of hydrogen-bond donors (Lipinski definition) is 3. The molecule has 0 bridgehead atoms. The number of ether oxygens (including phenoxy) is 1. The van der Waals surface area contributed by atoms with Gasteiger partial charge in [-0.15, -0.1) is 24.0 Å². The summed E-state index contributed by atoms with van der Waals surface area (Å²) >= 11 is 0. The van der Waals surface area contributed by atoms with Gasteiger partial charge in [0.25, 0.3) is 0 Å². The molecule has 1 aromatic carbocycles. The Labute approximate surface area is 192 Å². The third-order valence-electron chi connectivity index (χ3n) is 5.31. The minimum Gasteiger partial charge on any atom is -0.496 e. The molecule has 1 atom stereocenters. The standard InChI is InChI=1S/C21H35N5O2.HI/c1-21(2,19(27)22-3)15-25-20(23-4)24-14-17(26-12-8-9-13-26)16-10-6-7-11-18(16)28-5;/h6-7,10-11,17H,8-9,12-15H2,1-5H3,(H,22,27)(H2,23,24,25);1H. The highest BCUT2D eigenvalue weighted by Gasteiger charge is 2.28. The van der Waals surface area contributed by atoms with Gasteiger partial charge in [0.05, 0.1) is 18.6 Å². The number of halogens is 1. The van der Waals surface area contributed by atoms with Gasteiger partial charge in [-0.05, 0) is 45.8 Å². The van der Waals surface area contributed by atoms with E-state index >= 15 is 0 Å². The molecule has 1 aliphatic rings. The Morgan fingerprint density at radius 1 is 1.24 bits per heavy atom. The van der Waals surface area contributed by atoms with Gasteiger partial charge in [-0.25, -0.2) is 0 Å². The van der Waals surface area contributed by atoms with Gasteiger partial charge in [0.2, 0.25) is 5.91 Å². The van der Waals surface area contributed by atoms with E-state index < -0.39 is 5.41 Å². The van der Waals surface area contributed by atoms with Crippen molar-refractivity contribution in [3.63, 3.8) is 0 Å². The summed E-state index contributed by atoms with van der Waals surface area (Å²) in [5, 5.41) is 9.42. The van der Waals surface area contributed by atoms with Crippen LogP contribution in [0.15, 0.2) is 29.3 Å². The third-order valence-corrected chi connectivity index (χ3v) is 5.31. The summed E-state index contributed by atoms with van der Waals surface area (Å²) in [5.41, 5.74) is 0.657. The number of benzene rings is 1. The summed E-state index contributed by atoms with van der Waals surface area (Å²) in [6.07, 6.45) is 2.44. The van der Waals surface area contributed by atoms with Crippen molar-refractivity contribution in [3.8, 4) is 5.75 Å².